The van der Waals surface area contributed by atoms with Crippen LogP contribution in [-0.2, 0) is 10.0 Å². The Hall–Kier alpha value is -2.25. The minimum Gasteiger partial charge on any atom is -0.440 e. The number of hydrogen-bond acceptors (Lipinski definition) is 5. The molecule has 0 aliphatic heterocycles. The Morgan fingerprint density at radius 1 is 1.12 bits per heavy atom. The first kappa shape index (κ1) is 15.3. The van der Waals surface area contributed by atoms with Crippen molar-refractivity contribution in [2.45, 2.75) is 30.7 Å². The molecule has 24 heavy (non-hydrogen) atoms. The van der Waals surface area contributed by atoms with Gasteiger partial charge in [0.05, 0.1) is 0 Å². The van der Waals surface area contributed by atoms with Gasteiger partial charge in [-0.3, -0.25) is 0 Å². The lowest BCUT2D eigenvalue weighted by Gasteiger charge is -2.03. The number of sulfonamides is 1. The van der Waals surface area contributed by atoms with Crippen molar-refractivity contribution in [3.8, 4) is 0 Å². The average Bonchev–Trinajstić information content (AvgIpc) is 2.90. The van der Waals surface area contributed by atoms with Crippen LogP contribution < -0.4 is 5.14 Å². The highest BCUT2D eigenvalue weighted by molar-refractivity contribution is 7.89. The molecular weight excluding hydrogens is 326 g/mol. The van der Waals surface area contributed by atoms with E-state index in [1.165, 1.54) is 6.07 Å². The second kappa shape index (κ2) is 4.87. The van der Waals surface area contributed by atoms with E-state index >= 15 is 0 Å². The molecule has 0 amide bonds. The Morgan fingerprint density at radius 3 is 2.50 bits per heavy atom. The first-order valence-electron chi connectivity index (χ1n) is 7.63. The molecule has 1 aliphatic rings. The summed E-state index contributed by atoms with van der Waals surface area (Å²) < 4.78 is 28.6. The molecule has 0 radical (unpaired) electrons. The number of oxazole rings is 1. The molecule has 7 heteroatoms. The van der Waals surface area contributed by atoms with Gasteiger partial charge in [0.25, 0.3) is 10.0 Å². The summed E-state index contributed by atoms with van der Waals surface area (Å²) in [6.07, 6.45) is 1.58. The Balaban J connectivity index is 1.69. The Labute approximate surface area is 139 Å². The number of benzene rings is 1. The third-order valence-electron chi connectivity index (χ3n) is 4.81. The summed E-state index contributed by atoms with van der Waals surface area (Å²) in [7, 11) is -3.78. The molecule has 2 N–H and O–H groups in total. The first-order valence-corrected chi connectivity index (χ1v) is 9.17. The highest BCUT2D eigenvalue weighted by Gasteiger charge is 2.61. The van der Waals surface area contributed by atoms with Gasteiger partial charge in [0.1, 0.15) is 5.52 Å². The van der Waals surface area contributed by atoms with Crippen LogP contribution in [0.25, 0.3) is 11.1 Å². The molecule has 1 fully saturated rings. The van der Waals surface area contributed by atoms with Crippen molar-refractivity contribution in [1.82, 2.24) is 9.97 Å². The minimum atomic E-state index is -3.78. The lowest BCUT2D eigenvalue weighted by molar-refractivity contribution is 0.493. The molecule has 2 aromatic heterocycles. The third-order valence-corrected chi connectivity index (χ3v) is 5.64. The second-order valence-electron chi connectivity index (χ2n) is 6.77. The molecule has 0 spiro atoms. The number of aromatic nitrogens is 2. The van der Waals surface area contributed by atoms with Crippen molar-refractivity contribution >= 4 is 21.1 Å². The number of fused-ring (bicyclic) bond motifs is 1. The van der Waals surface area contributed by atoms with Crippen LogP contribution >= 0.6 is 0 Å². The van der Waals surface area contributed by atoms with E-state index < -0.39 is 10.0 Å². The van der Waals surface area contributed by atoms with E-state index in [1.807, 2.05) is 24.3 Å². The molecule has 2 heterocycles. The highest BCUT2D eigenvalue weighted by atomic mass is 32.2. The normalized spacial score (nSPS) is 22.6. The molecule has 2 atom stereocenters. The number of para-hydroxylation sites is 2. The summed E-state index contributed by atoms with van der Waals surface area (Å²) in [5.41, 5.74) is 2.54. The van der Waals surface area contributed by atoms with Gasteiger partial charge < -0.3 is 4.42 Å². The zero-order valence-electron chi connectivity index (χ0n) is 13.3. The number of pyridine rings is 1. The van der Waals surface area contributed by atoms with E-state index in [1.54, 1.807) is 12.3 Å². The number of nitrogens with zero attached hydrogens (tertiary/aromatic N) is 2. The van der Waals surface area contributed by atoms with E-state index in [4.69, 9.17) is 9.56 Å². The van der Waals surface area contributed by atoms with Crippen molar-refractivity contribution in [2.75, 3.05) is 0 Å². The maximum absolute atomic E-state index is 11.3. The van der Waals surface area contributed by atoms with Crippen LogP contribution in [0.4, 0.5) is 0 Å². The van der Waals surface area contributed by atoms with Crippen LogP contribution in [0.1, 0.15) is 37.1 Å². The molecule has 1 saturated carbocycles. The zero-order valence-corrected chi connectivity index (χ0v) is 14.1. The Kier molecular flexibility index (Phi) is 3.10. The van der Waals surface area contributed by atoms with E-state index in [2.05, 4.69) is 23.8 Å². The number of hydrogen-bond donors (Lipinski definition) is 1. The monoisotopic (exact) mass is 343 g/mol. The van der Waals surface area contributed by atoms with Gasteiger partial charge in [-0.1, -0.05) is 32.0 Å². The molecular formula is C17H17N3O3S. The Bertz CT molecular complexity index is 990. The van der Waals surface area contributed by atoms with Crippen molar-refractivity contribution in [2.24, 2.45) is 10.6 Å². The van der Waals surface area contributed by atoms with Gasteiger partial charge in [-0.05, 0) is 29.2 Å². The van der Waals surface area contributed by atoms with Crippen LogP contribution in [0.2, 0.25) is 0 Å². The van der Waals surface area contributed by atoms with Gasteiger partial charge in [0.15, 0.2) is 16.5 Å². The van der Waals surface area contributed by atoms with Gasteiger partial charge in [0.2, 0.25) is 0 Å². The first-order chi connectivity index (χ1) is 11.3. The second-order valence-corrected chi connectivity index (χ2v) is 8.28. The van der Waals surface area contributed by atoms with Crippen LogP contribution in [0, 0.1) is 5.41 Å². The standard InChI is InChI=1S/C17H17N3O3S/c1-17(2)14(10-7-8-13(19-9-10)24(18,21)22)15(17)16-20-11-5-3-4-6-12(11)23-16/h3-9,14-15H,1-2H3,(H2,18,21,22)/t14-,15+/m0/s1. The fourth-order valence-electron chi connectivity index (χ4n) is 3.49. The van der Waals surface area contributed by atoms with Crippen molar-refractivity contribution in [3.63, 3.8) is 0 Å². The minimum absolute atomic E-state index is 0.0360. The Morgan fingerprint density at radius 2 is 1.88 bits per heavy atom. The van der Waals surface area contributed by atoms with Crippen LogP contribution in [0.3, 0.4) is 0 Å². The summed E-state index contributed by atoms with van der Waals surface area (Å²) in [5, 5.41) is 4.98. The van der Waals surface area contributed by atoms with Gasteiger partial charge in [0, 0.05) is 18.0 Å². The maximum atomic E-state index is 11.3. The molecule has 6 nitrogen and oxygen atoms in total. The molecule has 124 valence electrons. The fraction of sp³-hybridized carbons (Fsp3) is 0.294. The number of nitrogens with two attached hydrogens (primary N) is 1. The third kappa shape index (κ3) is 2.32. The molecule has 1 aromatic carbocycles. The van der Waals surface area contributed by atoms with Crippen LogP contribution in [0.5, 0.6) is 0 Å². The number of primary sulfonamides is 1. The smallest absolute Gasteiger partial charge is 0.255 e. The molecule has 0 saturated heterocycles. The summed E-state index contributed by atoms with van der Waals surface area (Å²) >= 11 is 0. The van der Waals surface area contributed by atoms with Crippen molar-refractivity contribution in [3.05, 3.63) is 54.0 Å². The van der Waals surface area contributed by atoms with E-state index in [-0.39, 0.29) is 22.3 Å². The quantitative estimate of drug-likeness (QED) is 0.788. The average molecular weight is 343 g/mol. The lowest BCUT2D eigenvalue weighted by Crippen LogP contribution is -2.13. The summed E-state index contributed by atoms with van der Waals surface area (Å²) in [4.78, 5) is 8.58. The molecule has 4 rings (SSSR count). The summed E-state index contributed by atoms with van der Waals surface area (Å²) in [5.74, 6) is 1.02. The predicted molar refractivity (Wildman–Crippen MR) is 88.9 cm³/mol. The molecule has 0 unspecified atom stereocenters. The maximum Gasteiger partial charge on any atom is 0.255 e. The predicted octanol–water partition coefficient (Wildman–Crippen LogP) is 2.78. The van der Waals surface area contributed by atoms with E-state index in [0.29, 0.717) is 5.89 Å². The highest BCUT2D eigenvalue weighted by Crippen LogP contribution is 2.69. The van der Waals surface area contributed by atoms with Gasteiger partial charge >= 0.3 is 0 Å². The topological polar surface area (TPSA) is 99.1 Å². The van der Waals surface area contributed by atoms with Gasteiger partial charge in [-0.15, -0.1) is 0 Å². The molecule has 1 aliphatic carbocycles. The van der Waals surface area contributed by atoms with Crippen molar-refractivity contribution < 1.29 is 12.8 Å². The molecule has 0 bridgehead atoms. The fourth-order valence-corrected chi connectivity index (χ4v) is 3.95. The van der Waals surface area contributed by atoms with E-state index in [9.17, 15) is 8.42 Å². The summed E-state index contributed by atoms with van der Waals surface area (Å²) in [6, 6.07) is 10.9. The van der Waals surface area contributed by atoms with E-state index in [0.717, 1.165) is 16.7 Å². The van der Waals surface area contributed by atoms with Gasteiger partial charge in [-0.2, -0.15) is 0 Å². The molecule has 3 aromatic rings. The van der Waals surface area contributed by atoms with Crippen molar-refractivity contribution in [1.29, 1.82) is 0 Å². The lowest BCUT2D eigenvalue weighted by atomic mass is 10.1. The summed E-state index contributed by atoms with van der Waals surface area (Å²) in [6.45, 7) is 4.29. The largest absolute Gasteiger partial charge is 0.440 e. The van der Waals surface area contributed by atoms with Crippen LogP contribution in [0.15, 0.2) is 52.0 Å². The SMILES string of the molecule is CC1(C)[C@@H](c2ccc(S(N)(=O)=O)nc2)[C@@H]1c1nc2ccccc2o1. The zero-order chi connectivity index (χ0) is 17.1. The van der Waals surface area contributed by atoms with Gasteiger partial charge in [-0.25, -0.2) is 23.5 Å². The number of rotatable bonds is 3. The van der Waals surface area contributed by atoms with Crippen LogP contribution in [-0.4, -0.2) is 18.4 Å².